The molecule has 0 aromatic heterocycles. The number of hydrogen-bond acceptors (Lipinski definition) is 2. The quantitative estimate of drug-likeness (QED) is 0.836. The third-order valence-corrected chi connectivity index (χ3v) is 3.67. The number of carbonyl (C=O) groups excluding carboxylic acids is 1. The second-order valence-corrected chi connectivity index (χ2v) is 5.97. The first-order chi connectivity index (χ1) is 10.0. The molecule has 21 heavy (non-hydrogen) atoms. The second-order valence-electron chi connectivity index (χ2n) is 5.05. The average molecular weight is 347 g/mol. The monoisotopic (exact) mass is 346 g/mol. The van der Waals surface area contributed by atoms with Crippen molar-refractivity contribution in [2.45, 2.75) is 20.3 Å². The van der Waals surface area contributed by atoms with E-state index in [-0.39, 0.29) is 5.91 Å². The van der Waals surface area contributed by atoms with Gasteiger partial charge >= 0.3 is 0 Å². The van der Waals surface area contributed by atoms with E-state index in [0.29, 0.717) is 13.0 Å². The molecule has 2 N–H and O–H groups in total. The van der Waals surface area contributed by atoms with Crippen LogP contribution < -0.4 is 10.6 Å². The van der Waals surface area contributed by atoms with Crippen LogP contribution >= 0.6 is 15.9 Å². The summed E-state index contributed by atoms with van der Waals surface area (Å²) in [6, 6.07) is 14.0. The maximum absolute atomic E-state index is 12.0. The molecule has 0 unspecified atom stereocenters. The first-order valence-electron chi connectivity index (χ1n) is 6.91. The normalized spacial score (nSPS) is 10.2. The van der Waals surface area contributed by atoms with Crippen molar-refractivity contribution in [3.63, 3.8) is 0 Å². The van der Waals surface area contributed by atoms with Gasteiger partial charge in [-0.3, -0.25) is 4.79 Å². The number of aryl methyl sites for hydroxylation is 2. The summed E-state index contributed by atoms with van der Waals surface area (Å²) in [5, 5.41) is 6.20. The second kappa shape index (κ2) is 7.27. The van der Waals surface area contributed by atoms with Gasteiger partial charge in [0.2, 0.25) is 5.91 Å². The van der Waals surface area contributed by atoms with Crippen LogP contribution in [0.2, 0.25) is 0 Å². The van der Waals surface area contributed by atoms with Crippen molar-refractivity contribution in [3.8, 4) is 0 Å². The predicted molar refractivity (Wildman–Crippen MR) is 91.8 cm³/mol. The number of hydrogen-bond donors (Lipinski definition) is 2. The molecule has 0 spiro atoms. The third kappa shape index (κ3) is 4.90. The molecule has 0 fully saturated rings. The van der Waals surface area contributed by atoms with Crippen LogP contribution in [0, 0.1) is 13.8 Å². The van der Waals surface area contributed by atoms with E-state index < -0.39 is 0 Å². The fraction of sp³-hybridized carbons (Fsp3) is 0.235. The van der Waals surface area contributed by atoms with Crippen molar-refractivity contribution < 1.29 is 4.79 Å². The molecule has 0 aliphatic heterocycles. The molecule has 110 valence electrons. The maximum atomic E-state index is 12.0. The lowest BCUT2D eigenvalue weighted by Crippen LogP contribution is -2.16. The number of amides is 1. The third-order valence-electron chi connectivity index (χ3n) is 3.17. The lowest BCUT2D eigenvalue weighted by Gasteiger charge is -2.10. The number of benzene rings is 2. The van der Waals surface area contributed by atoms with Crippen LogP contribution in [0.1, 0.15) is 17.5 Å². The predicted octanol–water partition coefficient (Wildman–Crippen LogP) is 4.51. The molecule has 0 saturated heterocycles. The average Bonchev–Trinajstić information content (AvgIpc) is 2.43. The summed E-state index contributed by atoms with van der Waals surface area (Å²) in [7, 11) is 0. The van der Waals surface area contributed by atoms with Crippen molar-refractivity contribution in [3.05, 3.63) is 58.1 Å². The van der Waals surface area contributed by atoms with Crippen molar-refractivity contribution >= 4 is 33.2 Å². The van der Waals surface area contributed by atoms with Gasteiger partial charge in [0.15, 0.2) is 0 Å². The van der Waals surface area contributed by atoms with Crippen LogP contribution in [0.25, 0.3) is 0 Å². The smallest absolute Gasteiger partial charge is 0.226 e. The first-order valence-corrected chi connectivity index (χ1v) is 7.70. The van der Waals surface area contributed by atoms with Crippen molar-refractivity contribution in [2.24, 2.45) is 0 Å². The van der Waals surface area contributed by atoms with Crippen LogP contribution in [0.3, 0.4) is 0 Å². The molecule has 0 bridgehead atoms. The minimum atomic E-state index is 0.0196. The number of nitrogens with one attached hydrogen (secondary N) is 2. The topological polar surface area (TPSA) is 41.1 Å². The van der Waals surface area contributed by atoms with Gasteiger partial charge in [-0.1, -0.05) is 34.1 Å². The van der Waals surface area contributed by atoms with Gasteiger partial charge in [0.25, 0.3) is 0 Å². The van der Waals surface area contributed by atoms with E-state index in [0.717, 1.165) is 27.0 Å². The number of anilines is 2. The zero-order chi connectivity index (χ0) is 15.2. The maximum Gasteiger partial charge on any atom is 0.226 e. The molecule has 2 rings (SSSR count). The van der Waals surface area contributed by atoms with E-state index >= 15 is 0 Å². The van der Waals surface area contributed by atoms with Gasteiger partial charge in [-0.25, -0.2) is 0 Å². The Morgan fingerprint density at radius 2 is 1.95 bits per heavy atom. The lowest BCUT2D eigenvalue weighted by molar-refractivity contribution is -0.115. The number of halogens is 1. The minimum Gasteiger partial charge on any atom is -0.384 e. The van der Waals surface area contributed by atoms with E-state index in [4.69, 9.17) is 0 Å². The van der Waals surface area contributed by atoms with Gasteiger partial charge in [0.05, 0.1) is 0 Å². The highest BCUT2D eigenvalue weighted by atomic mass is 79.9. The molecule has 3 nitrogen and oxygen atoms in total. The Morgan fingerprint density at radius 3 is 2.71 bits per heavy atom. The molecule has 1 amide bonds. The molecular weight excluding hydrogens is 328 g/mol. The van der Waals surface area contributed by atoms with E-state index in [1.54, 1.807) is 0 Å². The van der Waals surface area contributed by atoms with Gasteiger partial charge in [-0.15, -0.1) is 0 Å². The highest BCUT2D eigenvalue weighted by Gasteiger charge is 2.05. The minimum absolute atomic E-state index is 0.0196. The molecule has 2 aromatic rings. The molecule has 0 saturated carbocycles. The lowest BCUT2D eigenvalue weighted by atomic mass is 10.1. The van der Waals surface area contributed by atoms with Crippen LogP contribution in [-0.4, -0.2) is 12.5 Å². The summed E-state index contributed by atoms with van der Waals surface area (Å²) < 4.78 is 1.02. The molecule has 0 radical (unpaired) electrons. The summed E-state index contributed by atoms with van der Waals surface area (Å²) in [5.74, 6) is 0.0196. The van der Waals surface area contributed by atoms with Crippen molar-refractivity contribution in [1.82, 2.24) is 0 Å². The van der Waals surface area contributed by atoms with Crippen LogP contribution in [-0.2, 0) is 4.79 Å². The number of carbonyl (C=O) groups is 1. The summed E-state index contributed by atoms with van der Waals surface area (Å²) in [6.45, 7) is 4.62. The zero-order valence-electron chi connectivity index (χ0n) is 12.2. The molecule has 2 aromatic carbocycles. The van der Waals surface area contributed by atoms with E-state index in [1.807, 2.05) is 56.3 Å². The Hall–Kier alpha value is -1.81. The molecule has 0 heterocycles. The van der Waals surface area contributed by atoms with Crippen LogP contribution in [0.15, 0.2) is 46.9 Å². The van der Waals surface area contributed by atoms with Gasteiger partial charge < -0.3 is 10.6 Å². The summed E-state index contributed by atoms with van der Waals surface area (Å²) in [6.07, 6.45) is 0.430. The molecule has 0 aliphatic rings. The van der Waals surface area contributed by atoms with Gasteiger partial charge in [-0.2, -0.15) is 0 Å². The molecule has 0 atom stereocenters. The molecular formula is C17H19BrN2O. The fourth-order valence-electron chi connectivity index (χ4n) is 2.00. The van der Waals surface area contributed by atoms with Gasteiger partial charge in [-0.05, 0) is 49.2 Å². The Bertz CT molecular complexity index is 640. The van der Waals surface area contributed by atoms with Crippen molar-refractivity contribution in [2.75, 3.05) is 17.2 Å². The summed E-state index contributed by atoms with van der Waals surface area (Å²) in [4.78, 5) is 12.0. The van der Waals surface area contributed by atoms with Gasteiger partial charge in [0.1, 0.15) is 0 Å². The Morgan fingerprint density at radius 1 is 1.14 bits per heavy atom. The highest BCUT2D eigenvalue weighted by molar-refractivity contribution is 9.10. The Labute approximate surface area is 133 Å². The van der Waals surface area contributed by atoms with E-state index in [9.17, 15) is 4.79 Å². The van der Waals surface area contributed by atoms with Gasteiger partial charge in [0, 0.05) is 28.8 Å². The fourth-order valence-corrected chi connectivity index (χ4v) is 2.40. The first kappa shape index (κ1) is 15.6. The van der Waals surface area contributed by atoms with E-state index in [2.05, 4.69) is 26.6 Å². The largest absolute Gasteiger partial charge is 0.384 e. The molecule has 4 heteroatoms. The van der Waals surface area contributed by atoms with E-state index in [1.165, 1.54) is 0 Å². The highest BCUT2D eigenvalue weighted by Crippen LogP contribution is 2.17. The van der Waals surface area contributed by atoms with Crippen molar-refractivity contribution in [1.29, 1.82) is 0 Å². The Kier molecular flexibility index (Phi) is 5.39. The SMILES string of the molecule is Cc1ccc(C)c(NC(=O)CCNc2cccc(Br)c2)c1. The summed E-state index contributed by atoms with van der Waals surface area (Å²) in [5.41, 5.74) is 4.11. The van der Waals surface area contributed by atoms with Crippen LogP contribution in [0.4, 0.5) is 11.4 Å². The zero-order valence-corrected chi connectivity index (χ0v) is 13.8. The molecule has 0 aliphatic carbocycles. The summed E-state index contributed by atoms with van der Waals surface area (Å²) >= 11 is 3.42. The number of rotatable bonds is 5. The Balaban J connectivity index is 1.84. The van der Waals surface area contributed by atoms with Crippen LogP contribution in [0.5, 0.6) is 0 Å². The standard InChI is InChI=1S/C17H19BrN2O/c1-12-6-7-13(2)16(10-12)20-17(21)8-9-19-15-5-3-4-14(18)11-15/h3-7,10-11,19H,8-9H2,1-2H3,(H,20,21).